The molecule has 31 heavy (non-hydrogen) atoms. The molecule has 0 N–H and O–H groups in total. The standard InChI is InChI=1S/C22H19I2NO6/c1-4-29-18-9-13(7-16(24)20(18)30-11-19(26)28-3)8-17-22(27)31-21(25-17)14-6-5-12(2)15(23)10-14/h5-10H,4,11H2,1-3H3/b17-8+. The molecule has 9 heteroatoms. The lowest BCUT2D eigenvalue weighted by molar-refractivity contribution is -0.143. The van der Waals surface area contributed by atoms with Crippen LogP contribution in [-0.4, -0.2) is 38.2 Å². The van der Waals surface area contributed by atoms with E-state index in [4.69, 9.17) is 14.2 Å². The first-order chi connectivity index (χ1) is 14.8. The Bertz CT molecular complexity index is 1090. The highest BCUT2D eigenvalue weighted by Gasteiger charge is 2.25. The van der Waals surface area contributed by atoms with Crippen molar-refractivity contribution in [3.63, 3.8) is 0 Å². The fourth-order valence-corrected chi connectivity index (χ4v) is 3.98. The number of carbonyl (C=O) groups is 2. The number of nitrogens with zero attached hydrogens (tertiary/aromatic N) is 1. The normalized spacial score (nSPS) is 14.3. The molecule has 3 rings (SSSR count). The van der Waals surface area contributed by atoms with Gasteiger partial charge in [-0.25, -0.2) is 14.6 Å². The van der Waals surface area contributed by atoms with E-state index in [0.717, 1.165) is 14.7 Å². The number of cyclic esters (lactones) is 1. The topological polar surface area (TPSA) is 83.4 Å². The quantitative estimate of drug-likeness (QED) is 0.250. The van der Waals surface area contributed by atoms with Crippen molar-refractivity contribution in [2.45, 2.75) is 13.8 Å². The fraction of sp³-hybridized carbons (Fsp3) is 0.227. The predicted molar refractivity (Wildman–Crippen MR) is 132 cm³/mol. The summed E-state index contributed by atoms with van der Waals surface area (Å²) >= 11 is 4.31. The molecule has 1 aliphatic heterocycles. The van der Waals surface area contributed by atoms with Crippen LogP contribution < -0.4 is 9.47 Å². The van der Waals surface area contributed by atoms with Gasteiger partial charge < -0.3 is 18.9 Å². The van der Waals surface area contributed by atoms with Gasteiger partial charge in [-0.3, -0.25) is 0 Å². The molecule has 162 valence electrons. The summed E-state index contributed by atoms with van der Waals surface area (Å²) in [6.07, 6.45) is 1.63. The average Bonchev–Trinajstić information content (AvgIpc) is 3.09. The SMILES string of the molecule is CCOc1cc(/C=C2/N=C(c3ccc(C)c(I)c3)OC2=O)cc(I)c1OCC(=O)OC. The number of halogens is 2. The molecule has 2 aromatic rings. The number of methoxy groups -OCH3 is 1. The third-order valence-corrected chi connectivity index (χ3v) is 6.20. The van der Waals surface area contributed by atoms with Crippen molar-refractivity contribution < 1.29 is 28.5 Å². The molecular weight excluding hydrogens is 628 g/mol. The maximum Gasteiger partial charge on any atom is 0.363 e. The van der Waals surface area contributed by atoms with Gasteiger partial charge in [0.1, 0.15) is 0 Å². The maximum absolute atomic E-state index is 12.4. The lowest BCUT2D eigenvalue weighted by Crippen LogP contribution is -2.14. The first-order valence-corrected chi connectivity index (χ1v) is 11.4. The van der Waals surface area contributed by atoms with Gasteiger partial charge in [-0.1, -0.05) is 6.07 Å². The maximum atomic E-state index is 12.4. The highest BCUT2D eigenvalue weighted by Crippen LogP contribution is 2.35. The molecule has 7 nitrogen and oxygen atoms in total. The first kappa shape index (κ1) is 23.5. The van der Waals surface area contributed by atoms with Crippen LogP contribution in [0.3, 0.4) is 0 Å². The van der Waals surface area contributed by atoms with Gasteiger partial charge in [0.15, 0.2) is 23.8 Å². The molecule has 0 saturated carbocycles. The molecule has 0 aromatic heterocycles. The molecule has 0 bridgehead atoms. The molecule has 0 amide bonds. The molecule has 0 radical (unpaired) electrons. The van der Waals surface area contributed by atoms with Crippen LogP contribution in [0, 0.1) is 14.1 Å². The summed E-state index contributed by atoms with van der Waals surface area (Å²) < 4.78 is 23.0. The van der Waals surface area contributed by atoms with Crippen molar-refractivity contribution in [2.75, 3.05) is 20.3 Å². The van der Waals surface area contributed by atoms with Gasteiger partial charge in [0, 0.05) is 9.13 Å². The highest BCUT2D eigenvalue weighted by atomic mass is 127. The second-order valence-corrected chi connectivity index (χ2v) is 8.75. The van der Waals surface area contributed by atoms with Crippen LogP contribution in [0.1, 0.15) is 23.6 Å². The lowest BCUT2D eigenvalue weighted by atomic mass is 10.1. The Morgan fingerprint density at radius 3 is 2.61 bits per heavy atom. The van der Waals surface area contributed by atoms with Crippen LogP contribution >= 0.6 is 45.2 Å². The summed E-state index contributed by atoms with van der Waals surface area (Å²) in [5, 5.41) is 0. The molecule has 0 aliphatic carbocycles. The number of aryl methyl sites for hydroxylation is 1. The minimum absolute atomic E-state index is 0.187. The summed E-state index contributed by atoms with van der Waals surface area (Å²) in [4.78, 5) is 28.2. The predicted octanol–water partition coefficient (Wildman–Crippen LogP) is 4.50. The average molecular weight is 647 g/mol. The van der Waals surface area contributed by atoms with Crippen molar-refractivity contribution in [1.29, 1.82) is 0 Å². The molecule has 0 spiro atoms. The summed E-state index contributed by atoms with van der Waals surface area (Å²) in [5.41, 5.74) is 2.75. The number of hydrogen-bond donors (Lipinski definition) is 0. The second-order valence-electron chi connectivity index (χ2n) is 6.43. The van der Waals surface area contributed by atoms with E-state index in [9.17, 15) is 9.59 Å². The molecule has 2 aromatic carbocycles. The summed E-state index contributed by atoms with van der Waals surface area (Å²) in [5.74, 6) is 0.138. The first-order valence-electron chi connectivity index (χ1n) is 9.27. The Hall–Kier alpha value is -2.15. The third kappa shape index (κ3) is 5.76. The zero-order valence-electron chi connectivity index (χ0n) is 17.0. The van der Waals surface area contributed by atoms with Gasteiger partial charge in [0.05, 0.1) is 17.3 Å². The van der Waals surface area contributed by atoms with E-state index < -0.39 is 11.9 Å². The summed E-state index contributed by atoms with van der Waals surface area (Å²) in [6.45, 7) is 4.02. The van der Waals surface area contributed by atoms with E-state index in [-0.39, 0.29) is 18.2 Å². The van der Waals surface area contributed by atoms with Crippen LogP contribution in [0.4, 0.5) is 0 Å². The number of rotatable bonds is 7. The van der Waals surface area contributed by atoms with Gasteiger partial charge >= 0.3 is 11.9 Å². The molecule has 1 heterocycles. The Kier molecular flexibility index (Phi) is 7.92. The van der Waals surface area contributed by atoms with E-state index in [2.05, 4.69) is 54.9 Å². The number of aliphatic imine (C=N–C) groups is 1. The number of hydrogen-bond acceptors (Lipinski definition) is 7. The molecule has 0 fully saturated rings. The number of esters is 2. The van der Waals surface area contributed by atoms with E-state index in [1.807, 2.05) is 32.0 Å². The second kappa shape index (κ2) is 10.4. The van der Waals surface area contributed by atoms with Crippen molar-refractivity contribution >= 4 is 69.1 Å². The highest BCUT2D eigenvalue weighted by molar-refractivity contribution is 14.1. The van der Waals surface area contributed by atoms with Crippen molar-refractivity contribution in [1.82, 2.24) is 0 Å². The van der Waals surface area contributed by atoms with Crippen LogP contribution in [0.5, 0.6) is 11.5 Å². The Labute approximate surface area is 207 Å². The van der Waals surface area contributed by atoms with E-state index in [0.29, 0.717) is 27.2 Å². The third-order valence-electron chi connectivity index (χ3n) is 4.24. The zero-order chi connectivity index (χ0) is 22.5. The summed E-state index contributed by atoms with van der Waals surface area (Å²) in [6, 6.07) is 9.28. The molecule has 0 atom stereocenters. The van der Waals surface area contributed by atoms with Gasteiger partial charge in [-0.2, -0.15) is 0 Å². The van der Waals surface area contributed by atoms with Crippen LogP contribution in [0.25, 0.3) is 6.08 Å². The van der Waals surface area contributed by atoms with E-state index >= 15 is 0 Å². The minimum Gasteiger partial charge on any atom is -0.490 e. The van der Waals surface area contributed by atoms with E-state index in [1.54, 1.807) is 18.2 Å². The minimum atomic E-state index is -0.524. The van der Waals surface area contributed by atoms with Crippen LogP contribution in [0.2, 0.25) is 0 Å². The van der Waals surface area contributed by atoms with Crippen molar-refractivity contribution in [3.8, 4) is 11.5 Å². The van der Waals surface area contributed by atoms with Gasteiger partial charge in [-0.15, -0.1) is 0 Å². The Morgan fingerprint density at radius 2 is 1.94 bits per heavy atom. The van der Waals surface area contributed by atoms with E-state index in [1.165, 1.54) is 7.11 Å². The van der Waals surface area contributed by atoms with Crippen LogP contribution in [-0.2, 0) is 19.1 Å². The smallest absolute Gasteiger partial charge is 0.363 e. The summed E-state index contributed by atoms with van der Waals surface area (Å²) in [7, 11) is 1.29. The molecule has 0 unspecified atom stereocenters. The number of ether oxygens (including phenoxy) is 4. The Morgan fingerprint density at radius 1 is 1.16 bits per heavy atom. The molecular formula is C22H19I2NO6. The number of carbonyl (C=O) groups excluding carboxylic acids is 2. The Balaban J connectivity index is 1.92. The van der Waals surface area contributed by atoms with Crippen molar-refractivity contribution in [3.05, 3.63) is 59.9 Å². The van der Waals surface area contributed by atoms with Gasteiger partial charge in [0.2, 0.25) is 5.90 Å². The molecule has 1 aliphatic rings. The van der Waals surface area contributed by atoms with Gasteiger partial charge in [0.25, 0.3) is 0 Å². The lowest BCUT2D eigenvalue weighted by Gasteiger charge is -2.14. The molecule has 0 saturated heterocycles. The fourth-order valence-electron chi connectivity index (χ4n) is 2.68. The van der Waals surface area contributed by atoms with Crippen molar-refractivity contribution in [2.24, 2.45) is 4.99 Å². The zero-order valence-corrected chi connectivity index (χ0v) is 21.3. The van der Waals surface area contributed by atoms with Crippen LogP contribution in [0.15, 0.2) is 41.0 Å². The number of benzene rings is 2. The van der Waals surface area contributed by atoms with Gasteiger partial charge in [-0.05, 0) is 100 Å². The largest absolute Gasteiger partial charge is 0.490 e. The monoisotopic (exact) mass is 647 g/mol.